The van der Waals surface area contributed by atoms with E-state index < -0.39 is 0 Å². The number of ether oxygens (including phenoxy) is 1. The van der Waals surface area contributed by atoms with Crippen LogP contribution in [-0.4, -0.2) is 24.6 Å². The topological polar surface area (TPSA) is 77.2 Å². The van der Waals surface area contributed by atoms with Crippen molar-refractivity contribution < 1.29 is 9.53 Å². The molecule has 19 heavy (non-hydrogen) atoms. The summed E-state index contributed by atoms with van der Waals surface area (Å²) in [6, 6.07) is 3.45. The van der Waals surface area contributed by atoms with Gasteiger partial charge < -0.3 is 15.8 Å². The third-order valence-corrected chi connectivity index (χ3v) is 3.62. The molecule has 0 saturated heterocycles. The minimum Gasteiger partial charge on any atom is -0.385 e. The van der Waals surface area contributed by atoms with Crippen molar-refractivity contribution in [1.29, 1.82) is 0 Å². The van der Waals surface area contributed by atoms with Gasteiger partial charge in [-0.1, -0.05) is 6.42 Å². The number of aromatic nitrogens is 1. The lowest BCUT2D eigenvalue weighted by atomic mass is 9.66. The van der Waals surface area contributed by atoms with Crippen LogP contribution < -0.4 is 11.1 Å². The molecule has 3 N–H and O–H groups in total. The van der Waals surface area contributed by atoms with Gasteiger partial charge in [0.1, 0.15) is 5.82 Å². The van der Waals surface area contributed by atoms with Gasteiger partial charge in [-0.2, -0.15) is 0 Å². The number of amides is 1. The molecule has 1 aromatic heterocycles. The van der Waals surface area contributed by atoms with Crippen LogP contribution in [0.25, 0.3) is 0 Å². The molecule has 0 unspecified atom stereocenters. The highest BCUT2D eigenvalue weighted by molar-refractivity contribution is 5.95. The number of nitrogens with zero attached hydrogens (tertiary/aromatic N) is 1. The minimum atomic E-state index is -0.253. The number of carbonyl (C=O) groups excluding carboxylic acids is 1. The quantitative estimate of drug-likeness (QED) is 0.870. The highest BCUT2D eigenvalue weighted by Crippen LogP contribution is 2.44. The van der Waals surface area contributed by atoms with Crippen molar-refractivity contribution in [3.8, 4) is 0 Å². The first-order valence-electron chi connectivity index (χ1n) is 6.18. The van der Waals surface area contributed by atoms with Crippen LogP contribution in [0.15, 0.2) is 18.3 Å². The lowest BCUT2D eigenvalue weighted by molar-refractivity contribution is -0.131. The van der Waals surface area contributed by atoms with Crippen molar-refractivity contribution in [2.45, 2.75) is 25.7 Å². The summed E-state index contributed by atoms with van der Waals surface area (Å²) in [5, 5.41) is 2.91. The van der Waals surface area contributed by atoms with Crippen molar-refractivity contribution >= 4 is 29.8 Å². The average molecular weight is 286 g/mol. The second-order valence-electron chi connectivity index (χ2n) is 4.80. The Hall–Kier alpha value is -1.33. The van der Waals surface area contributed by atoms with Crippen molar-refractivity contribution in [2.24, 2.45) is 5.41 Å². The van der Waals surface area contributed by atoms with Gasteiger partial charge in [-0.3, -0.25) is 4.79 Å². The predicted octanol–water partition coefficient (Wildman–Crippen LogP) is 2.23. The Balaban J connectivity index is 0.00000180. The summed E-state index contributed by atoms with van der Waals surface area (Å²) >= 11 is 0. The van der Waals surface area contributed by atoms with Crippen LogP contribution in [0.1, 0.15) is 25.7 Å². The maximum atomic E-state index is 12.3. The molecule has 1 fully saturated rings. The highest BCUT2D eigenvalue weighted by Gasteiger charge is 2.43. The lowest BCUT2D eigenvalue weighted by Crippen LogP contribution is -2.42. The van der Waals surface area contributed by atoms with E-state index in [2.05, 4.69) is 10.3 Å². The molecule has 1 heterocycles. The number of nitrogens with two attached hydrogens (primary N) is 1. The zero-order valence-corrected chi connectivity index (χ0v) is 11.8. The summed E-state index contributed by atoms with van der Waals surface area (Å²) in [5.74, 6) is 0.517. The molecular weight excluding hydrogens is 266 g/mol. The van der Waals surface area contributed by atoms with Crippen LogP contribution >= 0.6 is 12.4 Å². The van der Waals surface area contributed by atoms with Crippen molar-refractivity contribution in [3.63, 3.8) is 0 Å². The first-order chi connectivity index (χ1) is 8.66. The Bertz CT molecular complexity index is 418. The summed E-state index contributed by atoms with van der Waals surface area (Å²) in [4.78, 5) is 16.2. The van der Waals surface area contributed by atoms with Gasteiger partial charge in [0.2, 0.25) is 5.91 Å². The zero-order chi connectivity index (χ0) is 13.0. The molecule has 1 saturated carbocycles. The number of methoxy groups -OCH3 is 1. The molecule has 0 spiro atoms. The molecule has 5 nitrogen and oxygen atoms in total. The first-order valence-corrected chi connectivity index (χ1v) is 6.18. The van der Waals surface area contributed by atoms with Crippen LogP contribution in [0.4, 0.5) is 11.5 Å². The number of carbonyl (C=O) groups is 1. The molecular formula is C13H20ClN3O2. The van der Waals surface area contributed by atoms with E-state index in [9.17, 15) is 4.79 Å². The minimum absolute atomic E-state index is 0. The normalized spacial score (nSPS) is 16.1. The van der Waals surface area contributed by atoms with Gasteiger partial charge in [0.15, 0.2) is 0 Å². The number of rotatable bonds is 5. The van der Waals surface area contributed by atoms with Crippen LogP contribution in [0.5, 0.6) is 0 Å². The van der Waals surface area contributed by atoms with Crippen LogP contribution in [0.3, 0.4) is 0 Å². The summed E-state index contributed by atoms with van der Waals surface area (Å²) < 4.78 is 5.08. The van der Waals surface area contributed by atoms with Gasteiger partial charge in [0, 0.05) is 13.7 Å². The average Bonchev–Trinajstić information content (AvgIpc) is 2.31. The van der Waals surface area contributed by atoms with E-state index in [0.29, 0.717) is 18.1 Å². The number of hydrogen-bond acceptors (Lipinski definition) is 4. The van der Waals surface area contributed by atoms with E-state index in [1.807, 2.05) is 0 Å². The third kappa shape index (κ3) is 3.58. The van der Waals surface area contributed by atoms with Gasteiger partial charge >= 0.3 is 0 Å². The number of anilines is 2. The van der Waals surface area contributed by atoms with E-state index in [1.165, 1.54) is 0 Å². The molecule has 106 valence electrons. The number of hydrogen-bond donors (Lipinski definition) is 2. The van der Waals surface area contributed by atoms with Crippen LogP contribution in [0.2, 0.25) is 0 Å². The Morgan fingerprint density at radius 3 is 2.74 bits per heavy atom. The number of pyridine rings is 1. The van der Waals surface area contributed by atoms with Gasteiger partial charge in [-0.25, -0.2) is 4.98 Å². The summed E-state index contributed by atoms with van der Waals surface area (Å²) in [6.45, 7) is 0.618. The molecule has 0 aromatic carbocycles. The second kappa shape index (κ2) is 6.73. The van der Waals surface area contributed by atoms with Gasteiger partial charge in [0.25, 0.3) is 0 Å². The maximum Gasteiger partial charge on any atom is 0.230 e. The molecule has 0 atom stereocenters. The lowest BCUT2D eigenvalue weighted by Gasteiger charge is -2.40. The highest BCUT2D eigenvalue weighted by atomic mass is 35.5. The fourth-order valence-electron chi connectivity index (χ4n) is 2.23. The van der Waals surface area contributed by atoms with Gasteiger partial charge in [-0.05, 0) is 31.4 Å². The van der Waals surface area contributed by atoms with Crippen molar-refractivity contribution in [2.75, 3.05) is 24.8 Å². The smallest absolute Gasteiger partial charge is 0.230 e. The molecule has 0 bridgehead atoms. The summed E-state index contributed by atoms with van der Waals surface area (Å²) in [7, 11) is 1.66. The van der Waals surface area contributed by atoms with Crippen molar-refractivity contribution in [3.05, 3.63) is 18.3 Å². The zero-order valence-electron chi connectivity index (χ0n) is 11.0. The molecule has 1 aliphatic carbocycles. The SMILES string of the molecule is COCCC1(C(=O)Nc2ccc(N)nc2)CCC1.Cl. The van der Waals surface area contributed by atoms with Gasteiger partial charge in [-0.15, -0.1) is 12.4 Å². The van der Waals surface area contributed by atoms with Crippen LogP contribution in [0, 0.1) is 5.41 Å². The molecule has 0 radical (unpaired) electrons. The van der Waals surface area contributed by atoms with E-state index in [1.54, 1.807) is 25.4 Å². The number of halogens is 1. The molecule has 1 aromatic rings. The standard InChI is InChI=1S/C13H19N3O2.ClH/c1-18-8-7-13(5-2-6-13)12(17)16-10-3-4-11(14)15-9-10;/h3-4,9H,2,5-8H2,1H3,(H2,14,15)(H,16,17);1H. The first kappa shape index (κ1) is 15.7. The van der Waals surface area contributed by atoms with Crippen molar-refractivity contribution in [1.82, 2.24) is 4.98 Å². The Morgan fingerprint density at radius 1 is 1.53 bits per heavy atom. The van der Waals surface area contributed by atoms with E-state index in [4.69, 9.17) is 10.5 Å². The molecule has 1 aliphatic rings. The molecule has 1 amide bonds. The second-order valence-corrected chi connectivity index (χ2v) is 4.80. The molecule has 0 aliphatic heterocycles. The Kier molecular flexibility index (Phi) is 5.57. The van der Waals surface area contributed by atoms with E-state index in [0.717, 1.165) is 25.7 Å². The van der Waals surface area contributed by atoms with Crippen LogP contribution in [-0.2, 0) is 9.53 Å². The fraction of sp³-hybridized carbons (Fsp3) is 0.538. The largest absolute Gasteiger partial charge is 0.385 e. The third-order valence-electron chi connectivity index (χ3n) is 3.62. The Morgan fingerprint density at radius 2 is 2.26 bits per heavy atom. The summed E-state index contributed by atoms with van der Waals surface area (Å²) in [6.07, 6.45) is 5.33. The monoisotopic (exact) mass is 285 g/mol. The fourth-order valence-corrected chi connectivity index (χ4v) is 2.23. The molecule has 6 heteroatoms. The number of nitrogens with one attached hydrogen (secondary N) is 1. The summed E-state index contributed by atoms with van der Waals surface area (Å²) in [5.41, 5.74) is 5.95. The van der Waals surface area contributed by atoms with E-state index >= 15 is 0 Å². The predicted molar refractivity (Wildman–Crippen MR) is 77.3 cm³/mol. The van der Waals surface area contributed by atoms with Gasteiger partial charge in [0.05, 0.1) is 17.3 Å². The molecule has 2 rings (SSSR count). The Labute approximate surface area is 119 Å². The number of nitrogen functional groups attached to an aromatic ring is 1. The maximum absolute atomic E-state index is 12.3. The van der Waals surface area contributed by atoms with E-state index in [-0.39, 0.29) is 23.7 Å².